The van der Waals surface area contributed by atoms with E-state index in [0.29, 0.717) is 22.5 Å². The lowest BCUT2D eigenvalue weighted by Crippen LogP contribution is -2.33. The topological polar surface area (TPSA) is 98.3 Å². The Balaban J connectivity index is 1.95. The lowest BCUT2D eigenvalue weighted by Gasteiger charge is -2.19. The number of nitrogens with one attached hydrogen (secondary N) is 2. The third-order valence-corrected chi connectivity index (χ3v) is 5.93. The number of nitrogens with zero attached hydrogens (tertiary/aromatic N) is 3. The van der Waals surface area contributed by atoms with Crippen LogP contribution in [0.15, 0.2) is 52.5 Å². The summed E-state index contributed by atoms with van der Waals surface area (Å²) in [6, 6.07) is 12.5. The molecule has 0 bridgehead atoms. The first-order chi connectivity index (χ1) is 16.3. The van der Waals surface area contributed by atoms with Crippen molar-refractivity contribution in [3.8, 4) is 5.75 Å². The molecule has 0 amide bonds. The minimum absolute atomic E-state index is 0.262. The van der Waals surface area contributed by atoms with Gasteiger partial charge in [-0.15, -0.1) is 0 Å². The number of halogens is 1. The lowest BCUT2D eigenvalue weighted by molar-refractivity contribution is -0.141. The number of carbonyl (C=O) groups is 1. The Kier molecular flexibility index (Phi) is 8.95. The standard InChI is InChI=1S/C24H28ClN5O3S/c1-14(2)12-20(21(31)33-5)27-23-28-22(26-19-13-16(25)7-6-15(19)3)29-24(30-23)34-18-10-8-17(32-4)9-11-18/h6-11,13-14,20H,12H2,1-5H3,(H2,26,27,28,29,30)/t20-/m0/s1. The first-order valence-electron chi connectivity index (χ1n) is 10.7. The highest BCUT2D eigenvalue weighted by Gasteiger charge is 2.22. The molecule has 1 atom stereocenters. The number of anilines is 3. The number of methoxy groups -OCH3 is 2. The van der Waals surface area contributed by atoms with Crippen molar-refractivity contribution in [3.05, 3.63) is 53.1 Å². The van der Waals surface area contributed by atoms with Crippen LogP contribution in [-0.2, 0) is 9.53 Å². The molecule has 180 valence electrons. The fourth-order valence-electron chi connectivity index (χ4n) is 3.10. The highest BCUT2D eigenvalue weighted by molar-refractivity contribution is 7.99. The Morgan fingerprint density at radius 2 is 1.76 bits per heavy atom. The monoisotopic (exact) mass is 501 g/mol. The largest absolute Gasteiger partial charge is 0.497 e. The third kappa shape index (κ3) is 7.23. The fraction of sp³-hybridized carbons (Fsp3) is 0.333. The predicted octanol–water partition coefficient (Wildman–Crippen LogP) is 5.74. The SMILES string of the molecule is COC(=O)[C@H](CC(C)C)Nc1nc(Nc2cc(Cl)ccc2C)nc(Sc2ccc(OC)cc2)n1. The van der Waals surface area contributed by atoms with Gasteiger partial charge in [0, 0.05) is 15.6 Å². The van der Waals surface area contributed by atoms with Gasteiger partial charge in [0.15, 0.2) is 5.16 Å². The molecule has 0 saturated carbocycles. The number of aryl methyl sites for hydroxylation is 1. The number of ether oxygens (including phenoxy) is 2. The van der Waals surface area contributed by atoms with E-state index in [2.05, 4.69) is 25.6 Å². The number of aromatic nitrogens is 3. The summed E-state index contributed by atoms with van der Waals surface area (Å²) in [5.41, 5.74) is 1.76. The Morgan fingerprint density at radius 1 is 1.06 bits per heavy atom. The van der Waals surface area contributed by atoms with Gasteiger partial charge in [-0.1, -0.05) is 31.5 Å². The maximum Gasteiger partial charge on any atom is 0.328 e. The van der Waals surface area contributed by atoms with Crippen LogP contribution in [0.2, 0.25) is 5.02 Å². The maximum absolute atomic E-state index is 12.3. The van der Waals surface area contributed by atoms with Crippen molar-refractivity contribution in [1.82, 2.24) is 15.0 Å². The van der Waals surface area contributed by atoms with Crippen molar-refractivity contribution in [2.45, 2.75) is 43.3 Å². The van der Waals surface area contributed by atoms with E-state index in [-0.39, 0.29) is 17.8 Å². The van der Waals surface area contributed by atoms with Crippen molar-refractivity contribution < 1.29 is 14.3 Å². The normalized spacial score (nSPS) is 11.7. The molecule has 0 spiro atoms. The van der Waals surface area contributed by atoms with Crippen LogP contribution < -0.4 is 15.4 Å². The molecule has 3 rings (SSSR count). The summed E-state index contributed by atoms with van der Waals surface area (Å²) in [5, 5.41) is 7.39. The van der Waals surface area contributed by atoms with Crippen LogP contribution >= 0.6 is 23.4 Å². The van der Waals surface area contributed by atoms with Gasteiger partial charge in [0.2, 0.25) is 11.9 Å². The van der Waals surface area contributed by atoms with E-state index in [1.54, 1.807) is 13.2 Å². The molecule has 0 saturated heterocycles. The summed E-state index contributed by atoms with van der Waals surface area (Å²) in [6.45, 7) is 6.03. The average Bonchev–Trinajstić information content (AvgIpc) is 2.80. The van der Waals surface area contributed by atoms with E-state index >= 15 is 0 Å². The van der Waals surface area contributed by atoms with Gasteiger partial charge >= 0.3 is 5.97 Å². The van der Waals surface area contributed by atoms with Gasteiger partial charge in [0.1, 0.15) is 11.8 Å². The van der Waals surface area contributed by atoms with Gasteiger partial charge in [0.25, 0.3) is 0 Å². The molecule has 8 nitrogen and oxygen atoms in total. The van der Waals surface area contributed by atoms with Crippen molar-refractivity contribution in [2.75, 3.05) is 24.9 Å². The Labute approximate surface area is 208 Å². The molecule has 34 heavy (non-hydrogen) atoms. The fourth-order valence-corrected chi connectivity index (χ4v) is 4.02. The highest BCUT2D eigenvalue weighted by atomic mass is 35.5. The number of hydrogen-bond acceptors (Lipinski definition) is 9. The van der Waals surface area contributed by atoms with E-state index in [4.69, 9.17) is 21.1 Å². The predicted molar refractivity (Wildman–Crippen MR) is 135 cm³/mol. The smallest absolute Gasteiger partial charge is 0.328 e. The maximum atomic E-state index is 12.3. The summed E-state index contributed by atoms with van der Waals surface area (Å²) in [6.07, 6.45) is 0.565. The highest BCUT2D eigenvalue weighted by Crippen LogP contribution is 2.29. The zero-order valence-corrected chi connectivity index (χ0v) is 21.3. The molecule has 1 heterocycles. The van der Waals surface area contributed by atoms with Gasteiger partial charge in [-0.05, 0) is 73.0 Å². The molecule has 0 aliphatic heterocycles. The molecule has 0 fully saturated rings. The molecule has 2 N–H and O–H groups in total. The van der Waals surface area contributed by atoms with E-state index < -0.39 is 6.04 Å². The average molecular weight is 502 g/mol. The summed E-state index contributed by atoms with van der Waals surface area (Å²) in [5.74, 6) is 1.24. The van der Waals surface area contributed by atoms with Crippen molar-refractivity contribution in [2.24, 2.45) is 5.92 Å². The van der Waals surface area contributed by atoms with Crippen LogP contribution in [0.5, 0.6) is 5.75 Å². The molecule has 3 aromatic rings. The molecular weight excluding hydrogens is 474 g/mol. The van der Waals surface area contributed by atoms with Crippen LogP contribution in [0.25, 0.3) is 0 Å². The van der Waals surface area contributed by atoms with Crippen molar-refractivity contribution in [1.29, 1.82) is 0 Å². The minimum Gasteiger partial charge on any atom is -0.497 e. The molecule has 1 aromatic heterocycles. The molecular formula is C24H28ClN5O3S. The van der Waals surface area contributed by atoms with E-state index in [9.17, 15) is 4.79 Å². The van der Waals surface area contributed by atoms with Gasteiger partial charge in [0.05, 0.1) is 14.2 Å². The molecule has 2 aromatic carbocycles. The van der Waals surface area contributed by atoms with Crippen LogP contribution in [0, 0.1) is 12.8 Å². The second-order valence-electron chi connectivity index (χ2n) is 7.98. The zero-order valence-electron chi connectivity index (χ0n) is 19.8. The molecule has 0 radical (unpaired) electrons. The van der Waals surface area contributed by atoms with E-state index in [0.717, 1.165) is 21.9 Å². The number of rotatable bonds is 10. The van der Waals surface area contributed by atoms with Crippen LogP contribution in [0.3, 0.4) is 0 Å². The quantitative estimate of drug-likeness (QED) is 0.337. The third-order valence-electron chi connectivity index (χ3n) is 4.83. The molecule has 10 heteroatoms. The molecule has 0 unspecified atom stereocenters. The lowest BCUT2D eigenvalue weighted by atomic mass is 10.0. The second-order valence-corrected chi connectivity index (χ2v) is 9.45. The summed E-state index contributed by atoms with van der Waals surface area (Å²) in [4.78, 5) is 26.9. The second kappa shape index (κ2) is 11.9. The Hall–Kier alpha value is -3.04. The first kappa shape index (κ1) is 25.6. The summed E-state index contributed by atoms with van der Waals surface area (Å²) in [7, 11) is 2.99. The molecule has 0 aliphatic carbocycles. The van der Waals surface area contributed by atoms with Crippen molar-refractivity contribution in [3.63, 3.8) is 0 Å². The van der Waals surface area contributed by atoms with Gasteiger partial charge < -0.3 is 20.1 Å². The first-order valence-corrected chi connectivity index (χ1v) is 11.9. The molecule has 0 aliphatic rings. The Morgan fingerprint density at radius 3 is 2.41 bits per heavy atom. The summed E-state index contributed by atoms with van der Waals surface area (Å²) < 4.78 is 10.2. The van der Waals surface area contributed by atoms with Crippen LogP contribution in [-0.4, -0.2) is 41.2 Å². The van der Waals surface area contributed by atoms with Crippen LogP contribution in [0.1, 0.15) is 25.8 Å². The zero-order chi connectivity index (χ0) is 24.7. The summed E-state index contributed by atoms with van der Waals surface area (Å²) >= 11 is 7.54. The van der Waals surface area contributed by atoms with E-state index in [1.165, 1.54) is 18.9 Å². The van der Waals surface area contributed by atoms with Gasteiger partial charge in [-0.25, -0.2) is 4.79 Å². The van der Waals surface area contributed by atoms with Gasteiger partial charge in [-0.3, -0.25) is 0 Å². The number of carbonyl (C=O) groups excluding carboxylic acids is 1. The number of hydrogen-bond donors (Lipinski definition) is 2. The number of esters is 1. The van der Waals surface area contributed by atoms with E-state index in [1.807, 2.05) is 57.2 Å². The number of benzene rings is 2. The van der Waals surface area contributed by atoms with Crippen LogP contribution in [0.4, 0.5) is 17.6 Å². The van der Waals surface area contributed by atoms with Gasteiger partial charge in [-0.2, -0.15) is 15.0 Å². The Bertz CT molecular complexity index is 1130. The minimum atomic E-state index is -0.591. The van der Waals surface area contributed by atoms with Crippen molar-refractivity contribution >= 4 is 46.9 Å².